The predicted octanol–water partition coefficient (Wildman–Crippen LogP) is 3.29. The normalized spacial score (nSPS) is 13.5. The van der Waals surface area contributed by atoms with Crippen LogP contribution >= 0.6 is 11.3 Å². The van der Waals surface area contributed by atoms with Crippen LogP contribution in [0.25, 0.3) is 0 Å². The Kier molecular flexibility index (Phi) is 5.38. The predicted molar refractivity (Wildman–Crippen MR) is 86.7 cm³/mol. The molecule has 0 fully saturated rings. The van der Waals surface area contributed by atoms with Crippen molar-refractivity contribution in [2.24, 2.45) is 4.99 Å². The van der Waals surface area contributed by atoms with Gasteiger partial charge in [-0.25, -0.2) is 0 Å². The summed E-state index contributed by atoms with van der Waals surface area (Å²) < 4.78 is 5.30. The van der Waals surface area contributed by atoms with Crippen LogP contribution in [0.15, 0.2) is 33.1 Å². The third-order valence-corrected chi connectivity index (χ3v) is 4.20. The molecule has 0 aliphatic heterocycles. The molecule has 0 aliphatic carbocycles. The summed E-state index contributed by atoms with van der Waals surface area (Å²) in [6, 6.07) is 6.36. The van der Waals surface area contributed by atoms with E-state index in [0.29, 0.717) is 12.5 Å². The summed E-state index contributed by atoms with van der Waals surface area (Å²) in [5.74, 6) is 1.93. The van der Waals surface area contributed by atoms with Gasteiger partial charge < -0.3 is 15.2 Å². The molecular weight excluding hydrogens is 284 g/mol. The number of hydrogen-bond acceptors (Lipinski definition) is 4. The lowest BCUT2D eigenvalue weighted by atomic mass is 10.1. The van der Waals surface area contributed by atoms with Gasteiger partial charge in [0, 0.05) is 18.0 Å². The number of hydrogen-bond donors (Lipinski definition) is 2. The van der Waals surface area contributed by atoms with Gasteiger partial charge in [-0.2, -0.15) is 0 Å². The lowest BCUT2D eigenvalue weighted by Crippen LogP contribution is -2.38. The van der Waals surface area contributed by atoms with E-state index < -0.39 is 0 Å². The van der Waals surface area contributed by atoms with Gasteiger partial charge in [0.05, 0.1) is 18.3 Å². The number of aliphatic imine (C=N–C) groups is 1. The van der Waals surface area contributed by atoms with Gasteiger partial charge in [-0.15, -0.1) is 11.3 Å². The summed E-state index contributed by atoms with van der Waals surface area (Å²) >= 11 is 1.73. The average Bonchev–Trinajstić information content (AvgIpc) is 3.13. The second-order valence-electron chi connectivity index (χ2n) is 5.18. The van der Waals surface area contributed by atoms with Gasteiger partial charge in [0.25, 0.3) is 0 Å². The van der Waals surface area contributed by atoms with Gasteiger partial charge in [0.15, 0.2) is 11.7 Å². The van der Waals surface area contributed by atoms with E-state index in [1.807, 2.05) is 6.07 Å². The number of nitrogens with zero attached hydrogens (tertiary/aromatic N) is 2. The highest BCUT2D eigenvalue weighted by Gasteiger charge is 2.10. The molecule has 0 radical (unpaired) electrons. The van der Waals surface area contributed by atoms with Crippen molar-refractivity contribution in [1.82, 2.24) is 15.8 Å². The van der Waals surface area contributed by atoms with E-state index in [-0.39, 0.29) is 6.04 Å². The van der Waals surface area contributed by atoms with Crippen LogP contribution in [-0.4, -0.2) is 18.2 Å². The quantitative estimate of drug-likeness (QED) is 0.657. The lowest BCUT2D eigenvalue weighted by molar-refractivity contribution is 0.371. The van der Waals surface area contributed by atoms with Crippen LogP contribution in [0.3, 0.4) is 0 Å². The monoisotopic (exact) mass is 306 g/mol. The molecule has 1 unspecified atom stereocenters. The van der Waals surface area contributed by atoms with Crippen molar-refractivity contribution in [3.05, 3.63) is 39.9 Å². The Bertz CT molecular complexity index is 574. The lowest BCUT2D eigenvalue weighted by Gasteiger charge is -2.16. The number of aromatic nitrogens is 1. The van der Waals surface area contributed by atoms with Crippen LogP contribution in [0.5, 0.6) is 0 Å². The van der Waals surface area contributed by atoms with Gasteiger partial charge in [0.2, 0.25) is 0 Å². The minimum absolute atomic E-state index is 0.220. The molecule has 6 heteroatoms. The molecule has 5 nitrogen and oxygen atoms in total. The smallest absolute Gasteiger partial charge is 0.191 e. The minimum atomic E-state index is 0.220. The number of nitrogens with one attached hydrogen (secondary N) is 2. The molecule has 0 bridgehead atoms. The Morgan fingerprint density at radius 1 is 1.43 bits per heavy atom. The van der Waals surface area contributed by atoms with Gasteiger partial charge in [-0.3, -0.25) is 4.99 Å². The highest BCUT2D eigenvalue weighted by molar-refractivity contribution is 7.10. The summed E-state index contributed by atoms with van der Waals surface area (Å²) in [7, 11) is 1.76. The molecule has 114 valence electrons. The van der Waals surface area contributed by atoms with Gasteiger partial charge >= 0.3 is 0 Å². The molecule has 2 aromatic heterocycles. The third-order valence-electron chi connectivity index (χ3n) is 3.15. The average molecular weight is 306 g/mol. The zero-order chi connectivity index (χ0) is 15.2. The molecule has 0 amide bonds. The number of thiophene rings is 1. The largest absolute Gasteiger partial charge is 0.359 e. The molecule has 2 rings (SSSR count). The van der Waals surface area contributed by atoms with Crippen molar-refractivity contribution in [2.45, 2.75) is 39.3 Å². The first-order chi connectivity index (χ1) is 10.1. The molecule has 0 aromatic carbocycles. The van der Waals surface area contributed by atoms with E-state index in [1.54, 1.807) is 18.4 Å². The molecule has 0 aliphatic rings. The SMILES string of the molecule is CN=C(NCc1cc(C(C)C)no1)NC(C)c1cccs1. The second-order valence-corrected chi connectivity index (χ2v) is 6.16. The fraction of sp³-hybridized carbons (Fsp3) is 0.467. The van der Waals surface area contributed by atoms with Crippen LogP contribution in [0.1, 0.15) is 49.1 Å². The fourth-order valence-corrected chi connectivity index (χ4v) is 2.60. The molecule has 2 N–H and O–H groups in total. The van der Waals surface area contributed by atoms with E-state index in [1.165, 1.54) is 4.88 Å². The Morgan fingerprint density at radius 2 is 2.24 bits per heavy atom. The van der Waals surface area contributed by atoms with Crippen molar-refractivity contribution in [2.75, 3.05) is 7.05 Å². The van der Waals surface area contributed by atoms with Crippen LogP contribution < -0.4 is 10.6 Å². The Balaban J connectivity index is 1.87. The third kappa shape index (κ3) is 4.32. The zero-order valence-corrected chi connectivity index (χ0v) is 13.7. The summed E-state index contributed by atoms with van der Waals surface area (Å²) in [5.41, 5.74) is 0.974. The maximum Gasteiger partial charge on any atom is 0.191 e. The summed E-state index contributed by atoms with van der Waals surface area (Å²) in [4.78, 5) is 5.51. The van der Waals surface area contributed by atoms with Crippen molar-refractivity contribution >= 4 is 17.3 Å². The minimum Gasteiger partial charge on any atom is -0.359 e. The molecule has 0 saturated heterocycles. The summed E-state index contributed by atoms with van der Waals surface area (Å²) in [6.45, 7) is 6.87. The molecule has 1 atom stereocenters. The topological polar surface area (TPSA) is 62.5 Å². The Hall–Kier alpha value is -1.82. The van der Waals surface area contributed by atoms with Crippen LogP contribution in [0.2, 0.25) is 0 Å². The Morgan fingerprint density at radius 3 is 2.81 bits per heavy atom. The maximum absolute atomic E-state index is 5.30. The first kappa shape index (κ1) is 15.6. The van der Waals surface area contributed by atoms with E-state index in [9.17, 15) is 0 Å². The number of rotatable bonds is 5. The molecule has 0 saturated carbocycles. The number of guanidine groups is 1. The Labute approximate surface area is 129 Å². The van der Waals surface area contributed by atoms with E-state index in [4.69, 9.17) is 4.52 Å². The maximum atomic E-state index is 5.30. The van der Waals surface area contributed by atoms with Crippen LogP contribution in [0.4, 0.5) is 0 Å². The van der Waals surface area contributed by atoms with E-state index >= 15 is 0 Å². The van der Waals surface area contributed by atoms with E-state index in [2.05, 4.69) is 59.1 Å². The molecular formula is C15H22N4OS. The van der Waals surface area contributed by atoms with Crippen LogP contribution in [-0.2, 0) is 6.54 Å². The first-order valence-corrected chi connectivity index (χ1v) is 7.94. The zero-order valence-electron chi connectivity index (χ0n) is 12.9. The highest BCUT2D eigenvalue weighted by atomic mass is 32.1. The van der Waals surface area contributed by atoms with Gasteiger partial charge in [-0.05, 0) is 24.3 Å². The molecule has 0 spiro atoms. The molecule has 2 heterocycles. The van der Waals surface area contributed by atoms with Crippen molar-refractivity contribution in [1.29, 1.82) is 0 Å². The van der Waals surface area contributed by atoms with Crippen molar-refractivity contribution in [3.63, 3.8) is 0 Å². The van der Waals surface area contributed by atoms with Crippen molar-refractivity contribution in [3.8, 4) is 0 Å². The van der Waals surface area contributed by atoms with Crippen molar-refractivity contribution < 1.29 is 4.52 Å². The molecule has 21 heavy (non-hydrogen) atoms. The standard InChI is InChI=1S/C15H22N4OS/c1-10(2)13-8-12(20-19-13)9-17-15(16-4)18-11(3)14-6-5-7-21-14/h5-8,10-11H,9H2,1-4H3,(H2,16,17,18). The van der Waals surface area contributed by atoms with Gasteiger partial charge in [-0.1, -0.05) is 25.1 Å². The van der Waals surface area contributed by atoms with E-state index in [0.717, 1.165) is 17.4 Å². The van der Waals surface area contributed by atoms with Crippen LogP contribution in [0, 0.1) is 0 Å². The first-order valence-electron chi connectivity index (χ1n) is 7.06. The highest BCUT2D eigenvalue weighted by Crippen LogP contribution is 2.18. The summed E-state index contributed by atoms with van der Waals surface area (Å²) in [6.07, 6.45) is 0. The fourth-order valence-electron chi connectivity index (χ4n) is 1.86. The second kappa shape index (κ2) is 7.26. The van der Waals surface area contributed by atoms with Gasteiger partial charge in [0.1, 0.15) is 0 Å². The summed E-state index contributed by atoms with van der Waals surface area (Å²) in [5, 5.41) is 12.7. The molecule has 2 aromatic rings.